The summed E-state index contributed by atoms with van der Waals surface area (Å²) in [6, 6.07) is 0.185. The Kier molecular flexibility index (Phi) is 7.26. The Morgan fingerprint density at radius 1 is 1.33 bits per heavy atom. The van der Waals surface area contributed by atoms with Crippen LogP contribution in [0.4, 0.5) is 0 Å². The molecule has 1 N–H and O–H groups in total. The molecular weight excluding hydrogens is 270 g/mol. The average Bonchev–Trinajstić information content (AvgIpc) is 2.43. The van der Waals surface area contributed by atoms with E-state index in [4.69, 9.17) is 14.6 Å². The maximum atomic E-state index is 10.7. The highest BCUT2D eigenvalue weighted by Gasteiger charge is 2.20. The van der Waals surface area contributed by atoms with E-state index < -0.39 is 12.6 Å². The molecule has 1 saturated carbocycles. The highest BCUT2D eigenvalue weighted by atomic mass is 16.7. The summed E-state index contributed by atoms with van der Waals surface area (Å²) in [6.45, 7) is 7.85. The van der Waals surface area contributed by atoms with Gasteiger partial charge >= 0.3 is 12.1 Å². The second-order valence-electron chi connectivity index (χ2n) is 6.31. The van der Waals surface area contributed by atoms with Crippen LogP contribution < -0.4 is 0 Å². The molecule has 0 atom stereocenters. The second kappa shape index (κ2) is 8.70. The van der Waals surface area contributed by atoms with Crippen LogP contribution in [-0.4, -0.2) is 36.4 Å². The molecule has 0 unspecified atom stereocenters. The first kappa shape index (κ1) is 17.5. The molecule has 5 nitrogen and oxygen atoms in total. The van der Waals surface area contributed by atoms with Crippen LogP contribution in [-0.2, 0) is 14.3 Å². The van der Waals surface area contributed by atoms with Gasteiger partial charge in [-0.15, -0.1) is 6.58 Å². The molecule has 1 aliphatic rings. The lowest BCUT2D eigenvalue weighted by molar-refractivity contribution is -0.140. The summed E-state index contributed by atoms with van der Waals surface area (Å²) < 4.78 is 10.8. The fourth-order valence-electron chi connectivity index (χ4n) is 2.31. The molecule has 0 radical (unpaired) electrons. The van der Waals surface area contributed by atoms with E-state index in [-0.39, 0.29) is 17.5 Å². The third-order valence-electron chi connectivity index (χ3n) is 3.47. The maximum absolute atomic E-state index is 10.7. The van der Waals surface area contributed by atoms with E-state index in [2.05, 4.69) is 25.4 Å². The molecule has 1 fully saturated rings. The van der Waals surface area contributed by atoms with Crippen molar-refractivity contribution in [1.29, 1.82) is 0 Å². The molecule has 0 amide bonds. The van der Waals surface area contributed by atoms with Gasteiger partial charge in [0, 0.05) is 5.41 Å². The Balaban J connectivity index is 2.60. The number of aliphatic imine (C=N–C) groups is 1. The predicted molar refractivity (Wildman–Crippen MR) is 82.4 cm³/mol. The van der Waals surface area contributed by atoms with E-state index in [9.17, 15) is 4.79 Å². The summed E-state index contributed by atoms with van der Waals surface area (Å²) in [5, 5.41) is 8.73. The summed E-state index contributed by atoms with van der Waals surface area (Å²) in [5.74, 6) is -1.03. The first-order valence-corrected chi connectivity index (χ1v) is 7.59. The number of hydrogen-bond donors (Lipinski definition) is 1. The Bertz CT molecular complexity index is 370. The molecule has 0 spiro atoms. The number of carbonyl (C=O) groups is 1. The Morgan fingerprint density at radius 3 is 2.57 bits per heavy atom. The van der Waals surface area contributed by atoms with Gasteiger partial charge in [0.1, 0.15) is 0 Å². The zero-order valence-corrected chi connectivity index (χ0v) is 13.1. The molecule has 1 aliphatic carbocycles. The number of hydrogen-bond acceptors (Lipinski definition) is 4. The molecule has 5 heteroatoms. The fraction of sp³-hybridized carbons (Fsp3) is 0.750. The van der Waals surface area contributed by atoms with Crippen LogP contribution in [0, 0.1) is 5.41 Å². The summed E-state index contributed by atoms with van der Waals surface area (Å²) in [5.41, 5.74) is -0.0817. The number of aliphatic carboxylic acids is 1. The fourth-order valence-corrected chi connectivity index (χ4v) is 2.31. The van der Waals surface area contributed by atoms with Gasteiger partial charge in [0.25, 0.3) is 0 Å². The standard InChI is InChI=1S/C16H27NO4/c1-4-10-16(2,3)12-21-15(20-11-14(18)19)17-13-8-6-5-7-9-13/h4,13H,1,5-12H2,2-3H3,(H,18,19). The molecule has 120 valence electrons. The number of allylic oxidation sites excluding steroid dienone is 1. The zero-order valence-electron chi connectivity index (χ0n) is 13.1. The number of ether oxygens (including phenoxy) is 2. The number of carboxylic acids is 1. The van der Waals surface area contributed by atoms with Gasteiger partial charge in [0.05, 0.1) is 12.6 Å². The van der Waals surface area contributed by atoms with Crippen molar-refractivity contribution >= 4 is 12.1 Å². The third-order valence-corrected chi connectivity index (χ3v) is 3.47. The van der Waals surface area contributed by atoms with Gasteiger partial charge in [-0.05, 0) is 19.3 Å². The number of carboxylic acid groups (broad SMARTS) is 1. The van der Waals surface area contributed by atoms with Gasteiger partial charge in [0.15, 0.2) is 6.61 Å². The van der Waals surface area contributed by atoms with Gasteiger partial charge < -0.3 is 14.6 Å². The topological polar surface area (TPSA) is 68.1 Å². The summed E-state index contributed by atoms with van der Waals surface area (Å²) in [7, 11) is 0. The molecule has 1 rings (SSSR count). The van der Waals surface area contributed by atoms with Crippen LogP contribution in [0.15, 0.2) is 17.6 Å². The van der Waals surface area contributed by atoms with Crippen LogP contribution in [0.25, 0.3) is 0 Å². The van der Waals surface area contributed by atoms with Crippen molar-refractivity contribution in [3.63, 3.8) is 0 Å². The largest absolute Gasteiger partial charge is 0.479 e. The van der Waals surface area contributed by atoms with E-state index >= 15 is 0 Å². The molecule has 0 aliphatic heterocycles. The monoisotopic (exact) mass is 297 g/mol. The molecule has 0 heterocycles. The minimum Gasteiger partial charge on any atom is -0.479 e. The predicted octanol–water partition coefficient (Wildman–Crippen LogP) is 3.40. The third kappa shape index (κ3) is 7.73. The van der Waals surface area contributed by atoms with Gasteiger partial charge in [-0.2, -0.15) is 0 Å². The number of rotatable bonds is 7. The Hall–Kier alpha value is -1.52. The Labute approximate surface area is 127 Å². The van der Waals surface area contributed by atoms with E-state index in [0.29, 0.717) is 6.61 Å². The van der Waals surface area contributed by atoms with Crippen LogP contribution in [0.1, 0.15) is 52.4 Å². The van der Waals surface area contributed by atoms with E-state index in [1.807, 2.05) is 6.08 Å². The minimum absolute atomic E-state index is 0.0817. The van der Waals surface area contributed by atoms with Gasteiger partial charge in [-0.1, -0.05) is 39.2 Å². The van der Waals surface area contributed by atoms with Crippen molar-refractivity contribution in [1.82, 2.24) is 0 Å². The molecular formula is C16H27NO4. The van der Waals surface area contributed by atoms with E-state index in [1.54, 1.807) is 0 Å². The zero-order chi connectivity index (χ0) is 15.7. The van der Waals surface area contributed by atoms with Crippen molar-refractivity contribution < 1.29 is 19.4 Å². The smallest absolute Gasteiger partial charge is 0.384 e. The van der Waals surface area contributed by atoms with Crippen LogP contribution >= 0.6 is 0 Å². The van der Waals surface area contributed by atoms with Gasteiger partial charge in [-0.3, -0.25) is 0 Å². The number of nitrogens with zero attached hydrogens (tertiary/aromatic N) is 1. The first-order chi connectivity index (χ1) is 9.93. The second-order valence-corrected chi connectivity index (χ2v) is 6.31. The molecule has 0 saturated heterocycles. The van der Waals surface area contributed by atoms with E-state index in [1.165, 1.54) is 6.42 Å². The highest BCUT2D eigenvalue weighted by molar-refractivity contribution is 5.74. The van der Waals surface area contributed by atoms with Gasteiger partial charge in [-0.25, -0.2) is 9.79 Å². The average molecular weight is 297 g/mol. The van der Waals surface area contributed by atoms with Crippen molar-refractivity contribution in [2.75, 3.05) is 13.2 Å². The van der Waals surface area contributed by atoms with Gasteiger partial charge in [0.2, 0.25) is 0 Å². The lowest BCUT2D eigenvalue weighted by Crippen LogP contribution is -2.25. The Morgan fingerprint density at radius 2 is 2.00 bits per heavy atom. The summed E-state index contributed by atoms with van der Waals surface area (Å²) >= 11 is 0. The van der Waals surface area contributed by atoms with Crippen LogP contribution in [0.3, 0.4) is 0 Å². The summed E-state index contributed by atoms with van der Waals surface area (Å²) in [4.78, 5) is 15.1. The van der Waals surface area contributed by atoms with Crippen molar-refractivity contribution in [2.24, 2.45) is 10.4 Å². The lowest BCUT2D eigenvalue weighted by atomic mass is 9.91. The minimum atomic E-state index is -1.03. The van der Waals surface area contributed by atoms with Crippen LogP contribution in [0.2, 0.25) is 0 Å². The molecule has 0 bridgehead atoms. The van der Waals surface area contributed by atoms with E-state index in [0.717, 1.165) is 32.1 Å². The molecule has 0 aromatic carbocycles. The quantitative estimate of drug-likeness (QED) is 0.444. The molecule has 0 aromatic heterocycles. The molecule has 21 heavy (non-hydrogen) atoms. The SMILES string of the molecule is C=CCC(C)(C)COC(=NC1CCCCC1)OCC(=O)O. The normalized spacial score (nSPS) is 17.3. The molecule has 0 aromatic rings. The highest BCUT2D eigenvalue weighted by Crippen LogP contribution is 2.23. The maximum Gasteiger partial charge on any atom is 0.384 e. The summed E-state index contributed by atoms with van der Waals surface area (Å²) in [6.07, 6.45) is 8.34. The van der Waals surface area contributed by atoms with Crippen molar-refractivity contribution in [3.05, 3.63) is 12.7 Å². The van der Waals surface area contributed by atoms with Crippen molar-refractivity contribution in [3.8, 4) is 0 Å². The first-order valence-electron chi connectivity index (χ1n) is 7.59. The van der Waals surface area contributed by atoms with Crippen molar-refractivity contribution in [2.45, 2.75) is 58.4 Å². The van der Waals surface area contributed by atoms with Crippen LogP contribution in [0.5, 0.6) is 0 Å². The lowest BCUT2D eigenvalue weighted by Gasteiger charge is -2.24.